The highest BCUT2D eigenvalue weighted by molar-refractivity contribution is 7.22. The van der Waals surface area contributed by atoms with E-state index in [-0.39, 0.29) is 29.6 Å². The number of likely N-dealkylation sites (N-methyl/N-ethyl adjacent to an activating group) is 1. The van der Waals surface area contributed by atoms with Crippen LogP contribution in [0.5, 0.6) is 11.5 Å². The van der Waals surface area contributed by atoms with Gasteiger partial charge in [-0.3, -0.25) is 19.7 Å². The first kappa shape index (κ1) is 28.6. The Morgan fingerprint density at radius 1 is 1.02 bits per heavy atom. The second kappa shape index (κ2) is 12.1. The fourth-order valence-corrected chi connectivity index (χ4v) is 6.59. The number of hydrogen-bond donors (Lipinski definition) is 2. The SMILES string of the molecule is CN1CCN(C(=O)C2CN(Cc3ccc(-c4cc5nccc(Oc6ccc(NC(=O)NC7CC7)cc6F)c5s4)nc3)C2)CC1. The first-order valence-electron chi connectivity index (χ1n) is 15.0. The number of hydrogen-bond acceptors (Lipinski definition) is 8. The largest absolute Gasteiger partial charge is 0.453 e. The minimum atomic E-state index is -0.578. The number of carbonyl (C=O) groups is 2. The van der Waals surface area contributed by atoms with Crippen LogP contribution in [0.4, 0.5) is 14.9 Å². The second-order valence-electron chi connectivity index (χ2n) is 11.8. The van der Waals surface area contributed by atoms with Crippen LogP contribution >= 0.6 is 11.3 Å². The number of rotatable bonds is 8. The standard InChI is InChI=1S/C32H34FN7O3S/c1-38-10-12-40(13-11-38)31(41)21-18-39(19-21)17-20-2-6-25(35-16-20)29-15-26-30(44-29)28(8-9-34-26)43-27-7-5-23(14-24(27)33)37-32(42)36-22-3-4-22/h2,5-9,14-16,21-22H,3-4,10-13,17-19H2,1H3,(H2,36,37,42). The summed E-state index contributed by atoms with van der Waals surface area (Å²) in [7, 11) is 2.10. The molecule has 3 aromatic heterocycles. The topological polar surface area (TPSA) is 103 Å². The number of anilines is 1. The summed E-state index contributed by atoms with van der Waals surface area (Å²) in [4.78, 5) is 41.5. The number of urea groups is 1. The molecule has 2 N–H and O–H groups in total. The van der Waals surface area contributed by atoms with E-state index in [1.165, 1.54) is 23.5 Å². The van der Waals surface area contributed by atoms with Gasteiger partial charge in [-0.25, -0.2) is 9.18 Å². The van der Waals surface area contributed by atoms with Crippen molar-refractivity contribution in [3.63, 3.8) is 0 Å². The molecule has 1 saturated carbocycles. The van der Waals surface area contributed by atoms with Crippen LogP contribution in [0.15, 0.2) is 54.9 Å². The zero-order valence-corrected chi connectivity index (χ0v) is 25.3. The highest BCUT2D eigenvalue weighted by Crippen LogP contribution is 2.39. The lowest BCUT2D eigenvalue weighted by atomic mass is 9.97. The Balaban J connectivity index is 0.969. The summed E-state index contributed by atoms with van der Waals surface area (Å²) < 4.78 is 21.7. The van der Waals surface area contributed by atoms with E-state index in [1.54, 1.807) is 18.3 Å². The molecule has 3 amide bonds. The number of piperazine rings is 1. The maximum absolute atomic E-state index is 14.9. The maximum atomic E-state index is 14.9. The number of benzene rings is 1. The molecule has 2 saturated heterocycles. The number of nitrogens with one attached hydrogen (secondary N) is 2. The number of carbonyl (C=O) groups excluding carboxylic acids is 2. The molecular formula is C32H34FN7O3S. The van der Waals surface area contributed by atoms with Gasteiger partial charge in [-0.1, -0.05) is 6.07 Å². The Labute approximate surface area is 258 Å². The smallest absolute Gasteiger partial charge is 0.319 e. The van der Waals surface area contributed by atoms with Gasteiger partial charge in [0.05, 0.1) is 26.7 Å². The minimum absolute atomic E-state index is 0.0570. The van der Waals surface area contributed by atoms with E-state index in [9.17, 15) is 14.0 Å². The third-order valence-electron chi connectivity index (χ3n) is 8.30. The van der Waals surface area contributed by atoms with Gasteiger partial charge in [0.25, 0.3) is 0 Å². The number of amides is 3. The summed E-state index contributed by atoms with van der Waals surface area (Å²) in [5.74, 6) is 0.350. The van der Waals surface area contributed by atoms with E-state index in [4.69, 9.17) is 9.72 Å². The summed E-state index contributed by atoms with van der Waals surface area (Å²) in [5, 5.41) is 5.47. The lowest BCUT2D eigenvalue weighted by molar-refractivity contribution is -0.143. The lowest BCUT2D eigenvalue weighted by Gasteiger charge is -2.42. The molecule has 228 valence electrons. The minimum Gasteiger partial charge on any atom is -0.453 e. The van der Waals surface area contributed by atoms with Gasteiger partial charge in [-0.15, -0.1) is 11.3 Å². The van der Waals surface area contributed by atoms with Gasteiger partial charge < -0.3 is 25.2 Å². The first-order chi connectivity index (χ1) is 21.4. The van der Waals surface area contributed by atoms with Crippen LogP contribution in [-0.4, -0.2) is 89.0 Å². The summed E-state index contributed by atoms with van der Waals surface area (Å²) in [6, 6.07) is 12.0. The number of halogens is 1. The lowest BCUT2D eigenvalue weighted by Crippen LogP contribution is -2.57. The van der Waals surface area contributed by atoms with Crippen molar-refractivity contribution in [2.75, 3.05) is 51.6 Å². The number of nitrogens with zero attached hydrogens (tertiary/aromatic N) is 5. The molecule has 10 nitrogen and oxygen atoms in total. The predicted molar refractivity (Wildman–Crippen MR) is 167 cm³/mol. The van der Waals surface area contributed by atoms with Crippen LogP contribution < -0.4 is 15.4 Å². The molecule has 5 heterocycles. The molecule has 0 unspecified atom stereocenters. The Kier molecular flexibility index (Phi) is 7.87. The molecule has 12 heteroatoms. The summed E-state index contributed by atoms with van der Waals surface area (Å²) in [5.41, 5.74) is 3.01. The first-order valence-corrected chi connectivity index (χ1v) is 15.8. The van der Waals surface area contributed by atoms with Crippen LogP contribution in [-0.2, 0) is 11.3 Å². The molecule has 0 radical (unpaired) electrons. The van der Waals surface area contributed by atoms with Crippen molar-refractivity contribution in [3.05, 3.63) is 66.2 Å². The number of aromatic nitrogens is 2. The number of fused-ring (bicyclic) bond motifs is 1. The van der Waals surface area contributed by atoms with E-state index in [0.29, 0.717) is 11.4 Å². The molecule has 3 fully saturated rings. The molecule has 0 bridgehead atoms. The van der Waals surface area contributed by atoms with Crippen molar-refractivity contribution < 1.29 is 18.7 Å². The van der Waals surface area contributed by atoms with Crippen LogP contribution in [0.3, 0.4) is 0 Å². The molecule has 3 aliphatic rings. The third kappa shape index (κ3) is 6.37. The van der Waals surface area contributed by atoms with Crippen molar-refractivity contribution in [2.45, 2.75) is 25.4 Å². The van der Waals surface area contributed by atoms with Crippen LogP contribution in [0.2, 0.25) is 0 Å². The monoisotopic (exact) mass is 615 g/mol. The predicted octanol–water partition coefficient (Wildman–Crippen LogP) is 4.78. The van der Waals surface area contributed by atoms with Gasteiger partial charge in [0.1, 0.15) is 5.75 Å². The maximum Gasteiger partial charge on any atom is 0.319 e. The third-order valence-corrected chi connectivity index (χ3v) is 9.46. The molecule has 1 aliphatic carbocycles. The fourth-order valence-electron chi connectivity index (χ4n) is 5.54. The van der Waals surface area contributed by atoms with E-state index >= 15 is 0 Å². The van der Waals surface area contributed by atoms with Gasteiger partial charge in [-0.05, 0) is 49.7 Å². The van der Waals surface area contributed by atoms with E-state index in [2.05, 4.69) is 38.5 Å². The average Bonchev–Trinajstić information content (AvgIpc) is 3.70. The zero-order valence-electron chi connectivity index (χ0n) is 24.5. The van der Waals surface area contributed by atoms with E-state index in [0.717, 1.165) is 85.0 Å². The summed E-state index contributed by atoms with van der Waals surface area (Å²) in [6.07, 6.45) is 5.47. The van der Waals surface area contributed by atoms with Crippen LogP contribution in [0.25, 0.3) is 20.8 Å². The van der Waals surface area contributed by atoms with Gasteiger partial charge in [0.2, 0.25) is 5.91 Å². The molecule has 2 aliphatic heterocycles. The van der Waals surface area contributed by atoms with Gasteiger partial charge in [0, 0.05) is 82.1 Å². The van der Waals surface area contributed by atoms with Crippen molar-refractivity contribution in [2.24, 2.45) is 5.92 Å². The van der Waals surface area contributed by atoms with Gasteiger partial charge >= 0.3 is 6.03 Å². The Hall–Kier alpha value is -4.13. The quantitative estimate of drug-likeness (QED) is 0.294. The number of likely N-dealkylation sites (tertiary alicyclic amines) is 1. The Morgan fingerprint density at radius 3 is 2.57 bits per heavy atom. The summed E-state index contributed by atoms with van der Waals surface area (Å²) in [6.45, 7) is 5.86. The number of thiophene rings is 1. The van der Waals surface area contributed by atoms with Crippen molar-refractivity contribution in [1.29, 1.82) is 0 Å². The molecular weight excluding hydrogens is 581 g/mol. The van der Waals surface area contributed by atoms with Crippen LogP contribution in [0, 0.1) is 11.7 Å². The van der Waals surface area contributed by atoms with Crippen molar-refractivity contribution in [3.8, 4) is 22.1 Å². The highest BCUT2D eigenvalue weighted by Gasteiger charge is 2.36. The molecule has 1 aromatic carbocycles. The highest BCUT2D eigenvalue weighted by atomic mass is 32.1. The molecule has 4 aromatic rings. The van der Waals surface area contributed by atoms with Crippen LogP contribution in [0.1, 0.15) is 18.4 Å². The van der Waals surface area contributed by atoms with Crippen molar-refractivity contribution >= 4 is 39.2 Å². The van der Waals surface area contributed by atoms with Crippen molar-refractivity contribution in [1.82, 2.24) is 30.0 Å². The Bertz CT molecular complexity index is 1680. The average molecular weight is 616 g/mol. The number of pyridine rings is 2. The normalized spacial score (nSPS) is 17.8. The van der Waals surface area contributed by atoms with E-state index < -0.39 is 5.82 Å². The molecule has 0 atom stereocenters. The van der Waals surface area contributed by atoms with Gasteiger partial charge in [0.15, 0.2) is 11.6 Å². The Morgan fingerprint density at radius 2 is 1.84 bits per heavy atom. The number of ether oxygens (including phenoxy) is 1. The molecule has 7 rings (SSSR count). The summed E-state index contributed by atoms with van der Waals surface area (Å²) >= 11 is 1.48. The second-order valence-corrected chi connectivity index (χ2v) is 12.9. The fraction of sp³-hybridized carbons (Fsp3) is 0.375. The zero-order chi connectivity index (χ0) is 30.2. The molecule has 44 heavy (non-hydrogen) atoms. The van der Waals surface area contributed by atoms with E-state index in [1.807, 2.05) is 23.2 Å². The van der Waals surface area contributed by atoms with Gasteiger partial charge in [-0.2, -0.15) is 0 Å². The molecule has 0 spiro atoms.